The summed E-state index contributed by atoms with van der Waals surface area (Å²) in [5.74, 6) is -3.60. The highest BCUT2D eigenvalue weighted by molar-refractivity contribution is 5.89. The minimum Gasteiger partial charge on any atom is -0.378 e. The van der Waals surface area contributed by atoms with Gasteiger partial charge in [-0.1, -0.05) is 6.42 Å². The van der Waals surface area contributed by atoms with E-state index in [1.807, 2.05) is 0 Å². The van der Waals surface area contributed by atoms with E-state index < -0.39 is 29.2 Å². The van der Waals surface area contributed by atoms with Gasteiger partial charge < -0.3 is 15.4 Å². The number of ether oxygens (including phenoxy) is 1. The molecule has 2 fully saturated rings. The second kappa shape index (κ2) is 7.40. The van der Waals surface area contributed by atoms with E-state index in [1.54, 1.807) is 0 Å². The van der Waals surface area contributed by atoms with Gasteiger partial charge in [-0.2, -0.15) is 0 Å². The zero-order valence-electron chi connectivity index (χ0n) is 13.2. The van der Waals surface area contributed by atoms with E-state index in [0.717, 1.165) is 32.0 Å². The van der Waals surface area contributed by atoms with Crippen LogP contribution >= 0.6 is 0 Å². The molecule has 0 spiro atoms. The normalized spacial score (nSPS) is 24.8. The van der Waals surface area contributed by atoms with Crippen LogP contribution in [0.15, 0.2) is 12.1 Å². The van der Waals surface area contributed by atoms with Crippen molar-refractivity contribution >= 4 is 11.7 Å². The largest absolute Gasteiger partial charge is 0.378 e. The molecule has 2 aliphatic heterocycles. The van der Waals surface area contributed by atoms with E-state index in [4.69, 9.17) is 4.74 Å². The highest BCUT2D eigenvalue weighted by atomic mass is 19.2. The van der Waals surface area contributed by atoms with E-state index >= 15 is 0 Å². The average Bonchev–Trinajstić information content (AvgIpc) is 3.01. The summed E-state index contributed by atoms with van der Waals surface area (Å²) >= 11 is 0. The third kappa shape index (κ3) is 3.81. The second-order valence-electron chi connectivity index (χ2n) is 6.16. The third-order valence-electron chi connectivity index (χ3n) is 4.47. The molecule has 2 atom stereocenters. The summed E-state index contributed by atoms with van der Waals surface area (Å²) in [4.78, 5) is 14.3. The summed E-state index contributed by atoms with van der Waals surface area (Å²) in [5.41, 5.74) is -0.529. The number of carbonyl (C=O) groups excluding carboxylic acids is 1. The Hall–Kier alpha value is -1.80. The molecule has 0 saturated carbocycles. The van der Waals surface area contributed by atoms with Crippen molar-refractivity contribution in [3.8, 4) is 0 Å². The van der Waals surface area contributed by atoms with Crippen molar-refractivity contribution in [2.45, 2.75) is 31.3 Å². The van der Waals surface area contributed by atoms with Crippen LogP contribution in [0.4, 0.5) is 23.7 Å². The van der Waals surface area contributed by atoms with Gasteiger partial charge in [0.05, 0.1) is 31.0 Å². The van der Waals surface area contributed by atoms with Gasteiger partial charge in [0.25, 0.3) is 0 Å². The van der Waals surface area contributed by atoms with Crippen molar-refractivity contribution < 1.29 is 22.7 Å². The van der Waals surface area contributed by atoms with Gasteiger partial charge >= 0.3 is 6.03 Å². The minimum atomic E-state index is -1.35. The van der Waals surface area contributed by atoms with E-state index in [9.17, 15) is 18.0 Å². The van der Waals surface area contributed by atoms with E-state index in [1.165, 1.54) is 6.42 Å². The number of piperidine rings is 1. The summed E-state index contributed by atoms with van der Waals surface area (Å²) in [6.07, 6.45) is 3.43. The molecule has 5 nitrogen and oxygen atoms in total. The zero-order valence-corrected chi connectivity index (χ0v) is 13.2. The first-order chi connectivity index (χ1) is 11.5. The minimum absolute atomic E-state index is 0.0603. The Kier molecular flexibility index (Phi) is 5.25. The first-order valence-electron chi connectivity index (χ1n) is 8.08. The van der Waals surface area contributed by atoms with Gasteiger partial charge in [0.2, 0.25) is 0 Å². The Balaban J connectivity index is 1.62. The van der Waals surface area contributed by atoms with Crippen LogP contribution in [0.2, 0.25) is 0 Å². The van der Waals surface area contributed by atoms with Crippen LogP contribution in [0.3, 0.4) is 0 Å². The van der Waals surface area contributed by atoms with Crippen LogP contribution in [0.1, 0.15) is 19.3 Å². The van der Waals surface area contributed by atoms with Gasteiger partial charge in [-0.15, -0.1) is 0 Å². The summed E-state index contributed by atoms with van der Waals surface area (Å²) < 4.78 is 45.4. The van der Waals surface area contributed by atoms with Crippen molar-refractivity contribution in [1.29, 1.82) is 0 Å². The molecular weight excluding hydrogens is 323 g/mol. The number of benzene rings is 1. The Morgan fingerprint density at radius 2 is 1.88 bits per heavy atom. The average molecular weight is 343 g/mol. The van der Waals surface area contributed by atoms with Gasteiger partial charge in [-0.05, 0) is 25.9 Å². The van der Waals surface area contributed by atoms with Crippen LogP contribution < -0.4 is 10.6 Å². The Morgan fingerprint density at radius 3 is 2.62 bits per heavy atom. The lowest BCUT2D eigenvalue weighted by Crippen LogP contribution is -2.53. The van der Waals surface area contributed by atoms with Crippen LogP contribution in [-0.4, -0.2) is 49.3 Å². The summed E-state index contributed by atoms with van der Waals surface area (Å²) in [5, 5.41) is 4.88. The summed E-state index contributed by atoms with van der Waals surface area (Å²) in [7, 11) is 0. The molecule has 2 saturated heterocycles. The lowest BCUT2D eigenvalue weighted by atomic mass is 10.1. The molecule has 3 rings (SSSR count). The molecule has 0 aliphatic carbocycles. The number of carbonyl (C=O) groups is 1. The number of nitrogens with zero attached hydrogens (tertiary/aromatic N) is 1. The third-order valence-corrected chi connectivity index (χ3v) is 4.47. The van der Waals surface area contributed by atoms with Gasteiger partial charge in [-0.25, -0.2) is 18.0 Å². The number of anilines is 1. The number of urea groups is 1. The van der Waals surface area contributed by atoms with Crippen LogP contribution in [0.25, 0.3) is 0 Å². The number of nitrogens with one attached hydrogen (secondary N) is 2. The highest BCUT2D eigenvalue weighted by Crippen LogP contribution is 2.21. The maximum atomic E-state index is 13.6. The summed E-state index contributed by atoms with van der Waals surface area (Å²) in [6, 6.07) is 0.270. The van der Waals surface area contributed by atoms with Gasteiger partial charge in [0, 0.05) is 12.1 Å². The fraction of sp³-hybridized carbons (Fsp3) is 0.562. The number of hydrogen-bond acceptors (Lipinski definition) is 3. The van der Waals surface area contributed by atoms with Crippen molar-refractivity contribution in [3.63, 3.8) is 0 Å². The quantitative estimate of drug-likeness (QED) is 0.829. The van der Waals surface area contributed by atoms with E-state index in [-0.39, 0.29) is 12.1 Å². The molecule has 2 unspecified atom stereocenters. The molecule has 1 aromatic rings. The molecular formula is C16H20F3N3O2. The fourth-order valence-corrected chi connectivity index (χ4v) is 3.26. The predicted molar refractivity (Wildman–Crippen MR) is 82.3 cm³/mol. The van der Waals surface area contributed by atoms with Crippen molar-refractivity contribution in [3.05, 3.63) is 29.6 Å². The topological polar surface area (TPSA) is 53.6 Å². The standard InChI is InChI=1S/C16H20F3N3O2/c17-10-6-11(18)15(19)12(7-10)20-16(23)21-13-8-24-9-14(13)22-4-2-1-3-5-22/h6-7,13-14H,1-5,8-9H2,(H2,20,21,23). The van der Waals surface area contributed by atoms with Crippen LogP contribution in [-0.2, 0) is 4.74 Å². The van der Waals surface area contributed by atoms with Gasteiger partial charge in [0.15, 0.2) is 11.6 Å². The first kappa shape index (κ1) is 17.0. The van der Waals surface area contributed by atoms with E-state index in [0.29, 0.717) is 19.3 Å². The molecule has 0 bridgehead atoms. The number of halogens is 3. The molecule has 2 N–H and O–H groups in total. The molecule has 0 radical (unpaired) electrons. The van der Waals surface area contributed by atoms with Crippen molar-refractivity contribution in [1.82, 2.24) is 10.2 Å². The first-order valence-corrected chi connectivity index (χ1v) is 8.08. The van der Waals surface area contributed by atoms with Crippen LogP contribution in [0.5, 0.6) is 0 Å². The van der Waals surface area contributed by atoms with E-state index in [2.05, 4.69) is 15.5 Å². The van der Waals surface area contributed by atoms with Gasteiger partial charge in [0.1, 0.15) is 5.82 Å². The monoisotopic (exact) mass is 343 g/mol. The van der Waals surface area contributed by atoms with Crippen LogP contribution in [0, 0.1) is 17.5 Å². The zero-order chi connectivity index (χ0) is 17.1. The lowest BCUT2D eigenvalue weighted by Gasteiger charge is -2.34. The van der Waals surface area contributed by atoms with Gasteiger partial charge in [-0.3, -0.25) is 4.90 Å². The Bertz CT molecular complexity index is 608. The molecule has 2 aliphatic rings. The number of hydrogen-bond donors (Lipinski definition) is 2. The molecule has 2 heterocycles. The molecule has 2 amide bonds. The molecule has 24 heavy (non-hydrogen) atoms. The maximum absolute atomic E-state index is 13.6. The molecule has 0 aromatic heterocycles. The van der Waals surface area contributed by atoms with Crippen molar-refractivity contribution in [2.75, 3.05) is 31.6 Å². The SMILES string of the molecule is O=C(Nc1cc(F)cc(F)c1F)NC1COCC1N1CCCCC1. The number of amides is 2. The molecule has 1 aromatic carbocycles. The fourth-order valence-electron chi connectivity index (χ4n) is 3.26. The molecule has 132 valence electrons. The Morgan fingerprint density at radius 1 is 1.12 bits per heavy atom. The number of rotatable bonds is 3. The maximum Gasteiger partial charge on any atom is 0.319 e. The smallest absolute Gasteiger partial charge is 0.319 e. The Labute approximate surface area is 138 Å². The predicted octanol–water partition coefficient (Wildman–Crippen LogP) is 2.48. The summed E-state index contributed by atoms with van der Waals surface area (Å²) in [6.45, 7) is 2.79. The lowest BCUT2D eigenvalue weighted by molar-refractivity contribution is 0.125. The highest BCUT2D eigenvalue weighted by Gasteiger charge is 2.34. The number of likely N-dealkylation sites (tertiary alicyclic amines) is 1. The molecule has 8 heteroatoms. The second-order valence-corrected chi connectivity index (χ2v) is 6.16. The van der Waals surface area contributed by atoms with Crippen molar-refractivity contribution in [2.24, 2.45) is 0 Å².